The number of alkyl halides is 3. The fraction of sp³-hybridized carbons (Fsp3) is 0.519. The molecule has 2 saturated heterocycles. The highest BCUT2D eigenvalue weighted by molar-refractivity contribution is 7.89. The minimum Gasteiger partial charge on any atom is -0.477 e. The number of rotatable bonds is 9. The van der Waals surface area contributed by atoms with E-state index in [9.17, 15) is 31.2 Å². The standard InChI is InChI=1S/C27H33ClF3N5O5S/c1-26(2,41-21-9-6-17(28)11-22(21)42(39,40)35(3)4)25(38)34-18-12-19-7-8-20(13-18)36(19)23-10-5-16(14-32-23)24(37)33-15-27(29,30)31/h5-6,9-11,14,18-20H,7-8,12-13,15H2,1-4H3,(H,33,37)(H,34,38). The van der Waals surface area contributed by atoms with Crippen LogP contribution < -0.4 is 20.3 Å². The summed E-state index contributed by atoms with van der Waals surface area (Å²) in [6, 6.07) is 7.21. The monoisotopic (exact) mass is 631 g/mol. The lowest BCUT2D eigenvalue weighted by atomic mass is 9.96. The van der Waals surface area contributed by atoms with Gasteiger partial charge in [-0.2, -0.15) is 13.2 Å². The molecular weight excluding hydrogens is 599 g/mol. The summed E-state index contributed by atoms with van der Waals surface area (Å²) in [5.41, 5.74) is -1.38. The van der Waals surface area contributed by atoms with E-state index < -0.39 is 40.2 Å². The lowest BCUT2D eigenvalue weighted by Gasteiger charge is -2.41. The second kappa shape index (κ2) is 11.9. The molecular formula is C27H33ClF3N5O5S. The van der Waals surface area contributed by atoms with Crippen molar-refractivity contribution in [1.82, 2.24) is 19.9 Å². The topological polar surface area (TPSA) is 121 Å². The predicted octanol–water partition coefficient (Wildman–Crippen LogP) is 3.75. The maximum Gasteiger partial charge on any atom is 0.405 e. The van der Waals surface area contributed by atoms with Crippen molar-refractivity contribution in [3.8, 4) is 5.75 Å². The van der Waals surface area contributed by atoms with Crippen LogP contribution in [0.2, 0.25) is 5.02 Å². The quantitative estimate of drug-likeness (QED) is 0.432. The van der Waals surface area contributed by atoms with Crippen molar-refractivity contribution < 1.29 is 35.9 Å². The van der Waals surface area contributed by atoms with Crippen molar-refractivity contribution in [3.05, 3.63) is 47.1 Å². The Balaban J connectivity index is 1.40. The number of halogens is 4. The lowest BCUT2D eigenvalue weighted by molar-refractivity contribution is -0.135. The number of pyridine rings is 1. The van der Waals surface area contributed by atoms with Crippen LogP contribution in [0.15, 0.2) is 41.4 Å². The SMILES string of the molecule is CN(C)S(=O)(=O)c1cc(Cl)ccc1OC(C)(C)C(=O)NC1CC2CCC(C1)N2c1ccc(C(=O)NCC(F)(F)F)cn1. The van der Waals surface area contributed by atoms with E-state index in [1.165, 1.54) is 44.6 Å². The van der Waals surface area contributed by atoms with Gasteiger partial charge in [-0.1, -0.05) is 11.6 Å². The molecule has 1 aromatic heterocycles. The minimum absolute atomic E-state index is 0.00440. The molecule has 10 nitrogen and oxygen atoms in total. The third-order valence-corrected chi connectivity index (χ3v) is 9.44. The number of anilines is 1. The zero-order valence-corrected chi connectivity index (χ0v) is 25.1. The Morgan fingerprint density at radius 3 is 2.31 bits per heavy atom. The average molecular weight is 632 g/mol. The van der Waals surface area contributed by atoms with Crippen molar-refractivity contribution in [2.75, 3.05) is 25.5 Å². The second-order valence-electron chi connectivity index (χ2n) is 11.1. The number of carbonyl (C=O) groups is 2. The van der Waals surface area contributed by atoms with Crippen LogP contribution in [-0.2, 0) is 14.8 Å². The van der Waals surface area contributed by atoms with E-state index in [1.807, 2.05) is 5.32 Å². The zero-order valence-electron chi connectivity index (χ0n) is 23.5. The Labute approximate surface area is 247 Å². The van der Waals surface area contributed by atoms with Crippen molar-refractivity contribution in [3.63, 3.8) is 0 Å². The number of carbonyl (C=O) groups excluding carboxylic acids is 2. The highest BCUT2D eigenvalue weighted by atomic mass is 35.5. The largest absolute Gasteiger partial charge is 0.477 e. The molecule has 15 heteroatoms. The van der Waals surface area contributed by atoms with Crippen LogP contribution in [0.3, 0.4) is 0 Å². The number of aromatic nitrogens is 1. The molecule has 2 N–H and O–H groups in total. The first-order chi connectivity index (χ1) is 19.5. The van der Waals surface area contributed by atoms with Gasteiger partial charge in [0.2, 0.25) is 10.0 Å². The molecule has 4 rings (SSSR count). The average Bonchev–Trinajstić information content (AvgIpc) is 3.17. The summed E-state index contributed by atoms with van der Waals surface area (Å²) in [6.07, 6.45) is -0.277. The van der Waals surface area contributed by atoms with Gasteiger partial charge in [0, 0.05) is 43.4 Å². The molecule has 2 bridgehead atoms. The number of sulfonamides is 1. The summed E-state index contributed by atoms with van der Waals surface area (Å²) < 4.78 is 69.9. The van der Waals surface area contributed by atoms with Gasteiger partial charge < -0.3 is 20.3 Å². The Morgan fingerprint density at radius 2 is 1.76 bits per heavy atom. The number of ether oxygens (including phenoxy) is 1. The van der Waals surface area contributed by atoms with Gasteiger partial charge in [-0.15, -0.1) is 0 Å². The van der Waals surface area contributed by atoms with Crippen LogP contribution >= 0.6 is 11.6 Å². The fourth-order valence-corrected chi connectivity index (χ4v) is 6.54. The molecule has 42 heavy (non-hydrogen) atoms. The van der Waals surface area contributed by atoms with Crippen LogP contribution in [0.5, 0.6) is 5.75 Å². The number of hydrogen-bond acceptors (Lipinski definition) is 7. The van der Waals surface area contributed by atoms with Gasteiger partial charge in [-0.3, -0.25) is 9.59 Å². The number of piperidine rings is 1. The van der Waals surface area contributed by atoms with E-state index in [0.29, 0.717) is 18.7 Å². The molecule has 0 spiro atoms. The van der Waals surface area contributed by atoms with Gasteiger partial charge in [0.25, 0.3) is 11.8 Å². The highest BCUT2D eigenvalue weighted by Gasteiger charge is 2.43. The lowest BCUT2D eigenvalue weighted by Crippen LogP contribution is -2.55. The molecule has 2 atom stereocenters. The van der Waals surface area contributed by atoms with Gasteiger partial charge >= 0.3 is 6.18 Å². The van der Waals surface area contributed by atoms with Crippen LogP contribution in [0, 0.1) is 0 Å². The first-order valence-corrected chi connectivity index (χ1v) is 15.1. The molecule has 3 heterocycles. The Bertz CT molecular complexity index is 1420. The van der Waals surface area contributed by atoms with Gasteiger partial charge in [-0.05, 0) is 69.9 Å². The number of hydrogen-bond donors (Lipinski definition) is 2. The number of amides is 2. The van der Waals surface area contributed by atoms with E-state index in [-0.39, 0.29) is 39.4 Å². The summed E-state index contributed by atoms with van der Waals surface area (Å²) in [4.78, 5) is 31.7. The van der Waals surface area contributed by atoms with E-state index in [4.69, 9.17) is 16.3 Å². The number of nitrogens with zero attached hydrogens (tertiary/aromatic N) is 3. The number of fused-ring (bicyclic) bond motifs is 2. The van der Waals surface area contributed by atoms with Crippen molar-refractivity contribution in [1.29, 1.82) is 0 Å². The van der Waals surface area contributed by atoms with E-state index in [1.54, 1.807) is 19.9 Å². The predicted molar refractivity (Wildman–Crippen MR) is 150 cm³/mol. The normalized spacial score (nSPS) is 20.9. The molecule has 2 aliphatic rings. The first-order valence-electron chi connectivity index (χ1n) is 13.3. The highest BCUT2D eigenvalue weighted by Crippen LogP contribution is 2.39. The number of nitrogens with one attached hydrogen (secondary N) is 2. The van der Waals surface area contributed by atoms with Gasteiger partial charge in [0.15, 0.2) is 5.60 Å². The van der Waals surface area contributed by atoms with Crippen LogP contribution in [0.1, 0.15) is 49.9 Å². The molecule has 1 aromatic carbocycles. The second-order valence-corrected chi connectivity index (χ2v) is 13.7. The summed E-state index contributed by atoms with van der Waals surface area (Å²) in [7, 11) is -1.12. The Morgan fingerprint density at radius 1 is 1.12 bits per heavy atom. The third kappa shape index (κ3) is 7.09. The van der Waals surface area contributed by atoms with Crippen LogP contribution in [0.4, 0.5) is 19.0 Å². The maximum absolute atomic E-state index is 13.3. The van der Waals surface area contributed by atoms with Crippen molar-refractivity contribution >= 4 is 39.3 Å². The smallest absolute Gasteiger partial charge is 0.405 e. The third-order valence-electron chi connectivity index (χ3n) is 7.37. The summed E-state index contributed by atoms with van der Waals surface area (Å²) in [6.45, 7) is 1.70. The van der Waals surface area contributed by atoms with Gasteiger partial charge in [0.05, 0.1) is 5.56 Å². The maximum atomic E-state index is 13.3. The molecule has 0 saturated carbocycles. The summed E-state index contributed by atoms with van der Waals surface area (Å²) in [5.74, 6) is -0.646. The zero-order chi connectivity index (χ0) is 31.0. The molecule has 2 fully saturated rings. The molecule has 2 aromatic rings. The minimum atomic E-state index is -4.51. The van der Waals surface area contributed by atoms with Gasteiger partial charge in [0.1, 0.15) is 23.0 Å². The Hall–Kier alpha value is -3.10. The molecule has 2 amide bonds. The van der Waals surface area contributed by atoms with E-state index in [0.717, 1.165) is 17.1 Å². The van der Waals surface area contributed by atoms with Crippen LogP contribution in [-0.4, -0.2) is 80.1 Å². The van der Waals surface area contributed by atoms with E-state index in [2.05, 4.69) is 15.2 Å². The van der Waals surface area contributed by atoms with Crippen molar-refractivity contribution in [2.24, 2.45) is 0 Å². The summed E-state index contributed by atoms with van der Waals surface area (Å²) >= 11 is 6.05. The molecule has 0 radical (unpaired) electrons. The first kappa shape index (κ1) is 31.8. The van der Waals surface area contributed by atoms with Crippen molar-refractivity contribution in [2.45, 2.75) is 74.3 Å². The van der Waals surface area contributed by atoms with Crippen LogP contribution in [0.25, 0.3) is 0 Å². The molecule has 2 aliphatic heterocycles. The molecule has 2 unspecified atom stereocenters. The van der Waals surface area contributed by atoms with E-state index >= 15 is 0 Å². The summed E-state index contributed by atoms with van der Waals surface area (Å²) in [5, 5.41) is 5.09. The molecule has 0 aliphatic carbocycles. The number of benzene rings is 1. The Kier molecular flexibility index (Phi) is 9.00. The fourth-order valence-electron chi connectivity index (χ4n) is 5.27. The molecule has 230 valence electrons. The van der Waals surface area contributed by atoms with Gasteiger partial charge in [-0.25, -0.2) is 17.7 Å².